The lowest BCUT2D eigenvalue weighted by molar-refractivity contribution is -0.138. The molecule has 0 fully saturated rings. The molecule has 0 saturated carbocycles. The summed E-state index contributed by atoms with van der Waals surface area (Å²) in [5.41, 5.74) is 0.272. The molecule has 7 heteroatoms. The number of carbonyl (C=O) groups is 2. The van der Waals surface area contributed by atoms with Crippen LogP contribution in [0.3, 0.4) is 0 Å². The molecule has 0 aliphatic heterocycles. The summed E-state index contributed by atoms with van der Waals surface area (Å²) >= 11 is 0. The summed E-state index contributed by atoms with van der Waals surface area (Å²) in [6, 6.07) is 3.28. The smallest absolute Gasteiger partial charge is 0.325 e. The normalized spacial score (nSPS) is 10.0. The number of anilines is 1. The Kier molecular flexibility index (Phi) is 5.89. The van der Waals surface area contributed by atoms with Gasteiger partial charge in [0.25, 0.3) is 5.91 Å². The van der Waals surface area contributed by atoms with Crippen LogP contribution in [0.25, 0.3) is 0 Å². The second kappa shape index (κ2) is 7.42. The first-order chi connectivity index (χ1) is 9.49. The minimum atomic E-state index is -0.339. The van der Waals surface area contributed by atoms with E-state index in [4.69, 9.17) is 0 Å². The molecule has 7 nitrogen and oxygen atoms in total. The van der Waals surface area contributed by atoms with Crippen LogP contribution in [-0.2, 0) is 9.53 Å². The van der Waals surface area contributed by atoms with Gasteiger partial charge in [0.2, 0.25) is 0 Å². The summed E-state index contributed by atoms with van der Waals surface area (Å²) in [6.45, 7) is 2.77. The minimum Gasteiger partial charge on any atom is -0.468 e. The fraction of sp³-hybridized carbons (Fsp3) is 0.538. The molecular weight excluding hydrogens is 260 g/mol. The van der Waals surface area contributed by atoms with Crippen molar-refractivity contribution in [2.75, 3.05) is 39.2 Å². The van der Waals surface area contributed by atoms with Gasteiger partial charge in [-0.05, 0) is 18.6 Å². The van der Waals surface area contributed by atoms with Crippen molar-refractivity contribution in [1.82, 2.24) is 15.1 Å². The van der Waals surface area contributed by atoms with Crippen LogP contribution in [0.15, 0.2) is 12.1 Å². The highest BCUT2D eigenvalue weighted by atomic mass is 16.5. The topological polar surface area (TPSA) is 75.6 Å². The molecule has 0 aliphatic carbocycles. The van der Waals surface area contributed by atoms with Gasteiger partial charge in [-0.15, -0.1) is 10.2 Å². The third kappa shape index (κ3) is 4.18. The third-order valence-electron chi connectivity index (χ3n) is 2.64. The predicted octanol–water partition coefficient (Wildman–Crippen LogP) is 0.568. The lowest BCUT2D eigenvalue weighted by atomic mass is 10.3. The van der Waals surface area contributed by atoms with E-state index in [2.05, 4.69) is 14.9 Å². The summed E-state index contributed by atoms with van der Waals surface area (Å²) in [4.78, 5) is 26.3. The first kappa shape index (κ1) is 15.9. The Hall–Kier alpha value is -2.18. The average Bonchev–Trinajstić information content (AvgIpc) is 2.46. The van der Waals surface area contributed by atoms with Gasteiger partial charge >= 0.3 is 5.97 Å². The van der Waals surface area contributed by atoms with Gasteiger partial charge in [-0.3, -0.25) is 9.59 Å². The molecular formula is C13H20N4O3. The molecule has 1 aromatic heterocycles. The molecule has 1 amide bonds. The lowest BCUT2D eigenvalue weighted by Gasteiger charge is -2.21. The van der Waals surface area contributed by atoms with Gasteiger partial charge in [-0.1, -0.05) is 6.92 Å². The van der Waals surface area contributed by atoms with Crippen LogP contribution in [0.4, 0.5) is 5.82 Å². The van der Waals surface area contributed by atoms with Crippen molar-refractivity contribution in [2.24, 2.45) is 0 Å². The maximum Gasteiger partial charge on any atom is 0.325 e. The van der Waals surface area contributed by atoms with Crippen LogP contribution in [0.2, 0.25) is 0 Å². The maximum atomic E-state index is 11.7. The first-order valence-corrected chi connectivity index (χ1v) is 6.36. The third-order valence-corrected chi connectivity index (χ3v) is 2.64. The molecule has 0 bridgehead atoms. The number of ether oxygens (including phenoxy) is 1. The molecule has 0 aliphatic rings. The number of esters is 1. The van der Waals surface area contributed by atoms with Crippen molar-refractivity contribution in [1.29, 1.82) is 0 Å². The first-order valence-electron chi connectivity index (χ1n) is 6.36. The molecule has 0 N–H and O–H groups in total. The molecule has 110 valence electrons. The van der Waals surface area contributed by atoms with Crippen LogP contribution in [0.5, 0.6) is 0 Å². The van der Waals surface area contributed by atoms with E-state index in [9.17, 15) is 9.59 Å². The Bertz CT molecular complexity index is 459. The zero-order chi connectivity index (χ0) is 15.1. The Morgan fingerprint density at radius 3 is 2.40 bits per heavy atom. The largest absolute Gasteiger partial charge is 0.468 e. The quantitative estimate of drug-likeness (QED) is 0.709. The second-order valence-electron chi connectivity index (χ2n) is 4.47. The standard InChI is InChI=1S/C13H20N4O3/c1-5-8-17(9-12(18)20-4)11-7-6-10(14-15-11)13(19)16(2)3/h6-7H,5,8-9H2,1-4H3. The molecule has 0 atom stereocenters. The van der Waals surface area contributed by atoms with Gasteiger partial charge in [-0.25, -0.2) is 0 Å². The van der Waals surface area contributed by atoms with Crippen molar-refractivity contribution in [3.05, 3.63) is 17.8 Å². The predicted molar refractivity (Wildman–Crippen MR) is 74.6 cm³/mol. The number of aromatic nitrogens is 2. The second-order valence-corrected chi connectivity index (χ2v) is 4.47. The monoisotopic (exact) mass is 280 g/mol. The molecule has 1 rings (SSSR count). The number of carbonyl (C=O) groups excluding carboxylic acids is 2. The molecule has 0 unspecified atom stereocenters. The molecule has 20 heavy (non-hydrogen) atoms. The maximum absolute atomic E-state index is 11.7. The minimum absolute atomic E-state index is 0.111. The Morgan fingerprint density at radius 1 is 1.25 bits per heavy atom. The lowest BCUT2D eigenvalue weighted by Crippen LogP contribution is -2.32. The van der Waals surface area contributed by atoms with Crippen molar-refractivity contribution in [3.63, 3.8) is 0 Å². The molecule has 1 aromatic rings. The highest BCUT2D eigenvalue weighted by Gasteiger charge is 2.15. The number of nitrogens with zero attached hydrogens (tertiary/aromatic N) is 4. The summed E-state index contributed by atoms with van der Waals surface area (Å²) in [7, 11) is 4.65. The Morgan fingerprint density at radius 2 is 1.95 bits per heavy atom. The summed E-state index contributed by atoms with van der Waals surface area (Å²) in [5.74, 6) is 0.000287. The molecule has 1 heterocycles. The van der Waals surface area contributed by atoms with Crippen LogP contribution in [-0.4, -0.2) is 61.3 Å². The van der Waals surface area contributed by atoms with Gasteiger partial charge in [0.1, 0.15) is 6.54 Å². The van der Waals surface area contributed by atoms with E-state index in [1.807, 2.05) is 6.92 Å². The zero-order valence-electron chi connectivity index (χ0n) is 12.3. The van der Waals surface area contributed by atoms with Gasteiger partial charge in [0.05, 0.1) is 7.11 Å². The number of methoxy groups -OCH3 is 1. The van der Waals surface area contributed by atoms with Crippen LogP contribution >= 0.6 is 0 Å². The van der Waals surface area contributed by atoms with E-state index in [1.165, 1.54) is 12.0 Å². The molecule has 0 aromatic carbocycles. The van der Waals surface area contributed by atoms with Crippen molar-refractivity contribution in [3.8, 4) is 0 Å². The van der Waals surface area contributed by atoms with Gasteiger partial charge in [-0.2, -0.15) is 0 Å². The van der Waals surface area contributed by atoms with E-state index in [0.29, 0.717) is 12.4 Å². The molecule has 0 radical (unpaired) electrons. The number of hydrogen-bond donors (Lipinski definition) is 0. The van der Waals surface area contributed by atoms with E-state index in [1.54, 1.807) is 31.1 Å². The highest BCUT2D eigenvalue weighted by Crippen LogP contribution is 2.11. The van der Waals surface area contributed by atoms with Crippen LogP contribution in [0, 0.1) is 0 Å². The Labute approximate surface area is 118 Å². The van der Waals surface area contributed by atoms with Crippen LogP contribution < -0.4 is 4.90 Å². The Balaban J connectivity index is 2.87. The van der Waals surface area contributed by atoms with Gasteiger partial charge in [0.15, 0.2) is 11.5 Å². The number of amides is 1. The average molecular weight is 280 g/mol. The molecule has 0 spiro atoms. The fourth-order valence-corrected chi connectivity index (χ4v) is 1.60. The number of rotatable bonds is 6. The SMILES string of the molecule is CCCN(CC(=O)OC)c1ccc(C(=O)N(C)C)nn1. The van der Waals surface area contributed by atoms with Crippen molar-refractivity contribution < 1.29 is 14.3 Å². The van der Waals surface area contributed by atoms with E-state index < -0.39 is 0 Å². The van der Waals surface area contributed by atoms with Gasteiger partial charge < -0.3 is 14.5 Å². The highest BCUT2D eigenvalue weighted by molar-refractivity contribution is 5.91. The zero-order valence-corrected chi connectivity index (χ0v) is 12.3. The van der Waals surface area contributed by atoms with Gasteiger partial charge in [0, 0.05) is 20.6 Å². The van der Waals surface area contributed by atoms with E-state index >= 15 is 0 Å². The summed E-state index contributed by atoms with van der Waals surface area (Å²) in [5, 5.41) is 7.91. The summed E-state index contributed by atoms with van der Waals surface area (Å²) < 4.78 is 4.65. The summed E-state index contributed by atoms with van der Waals surface area (Å²) in [6.07, 6.45) is 0.858. The van der Waals surface area contributed by atoms with Crippen molar-refractivity contribution >= 4 is 17.7 Å². The van der Waals surface area contributed by atoms with Crippen LogP contribution in [0.1, 0.15) is 23.8 Å². The van der Waals surface area contributed by atoms with Crippen molar-refractivity contribution in [2.45, 2.75) is 13.3 Å². The number of hydrogen-bond acceptors (Lipinski definition) is 6. The fourth-order valence-electron chi connectivity index (χ4n) is 1.60. The van der Waals surface area contributed by atoms with E-state index in [0.717, 1.165) is 6.42 Å². The van der Waals surface area contributed by atoms with E-state index in [-0.39, 0.29) is 24.1 Å². The molecule has 0 saturated heterocycles.